The van der Waals surface area contributed by atoms with Gasteiger partial charge in [0.15, 0.2) is 5.69 Å². The predicted molar refractivity (Wildman–Crippen MR) is 174 cm³/mol. The Hall–Kier alpha value is -4.96. The van der Waals surface area contributed by atoms with Crippen molar-refractivity contribution in [1.29, 1.82) is 0 Å². The lowest BCUT2D eigenvalue weighted by Gasteiger charge is -2.33. The van der Waals surface area contributed by atoms with E-state index in [9.17, 15) is 0 Å². The standard InChI is InChI=1S/C36H22N4S2/c1-37-27-20-19-25(39-28-10-2-6-14-32(28)41-33-15-7-3-11-29(33)39)22-26(27)24-18-21-36(38-23-24)40-30-12-4-8-16-34(30)42-35-17-9-5-13-31(35)40/h2-23H. The van der Waals surface area contributed by atoms with E-state index in [0.29, 0.717) is 5.69 Å². The molecule has 6 aromatic rings. The summed E-state index contributed by atoms with van der Waals surface area (Å²) in [6, 6.07) is 44.0. The van der Waals surface area contributed by atoms with Crippen LogP contribution in [0, 0.1) is 6.57 Å². The van der Waals surface area contributed by atoms with Gasteiger partial charge in [0.25, 0.3) is 0 Å². The zero-order valence-corrected chi connectivity index (χ0v) is 23.9. The Labute approximate surface area is 253 Å². The van der Waals surface area contributed by atoms with E-state index in [-0.39, 0.29) is 0 Å². The summed E-state index contributed by atoms with van der Waals surface area (Å²) in [6.45, 7) is 7.93. The Morgan fingerprint density at radius 3 is 1.52 bits per heavy atom. The molecule has 42 heavy (non-hydrogen) atoms. The van der Waals surface area contributed by atoms with Crippen molar-refractivity contribution in [2.45, 2.75) is 19.6 Å². The Morgan fingerprint density at radius 2 is 1.05 bits per heavy atom. The van der Waals surface area contributed by atoms with E-state index in [0.717, 1.165) is 45.4 Å². The average Bonchev–Trinajstić information content (AvgIpc) is 3.06. The Kier molecular flexibility index (Phi) is 5.99. The number of para-hydroxylation sites is 4. The van der Waals surface area contributed by atoms with Crippen LogP contribution >= 0.6 is 23.5 Å². The van der Waals surface area contributed by atoms with E-state index < -0.39 is 0 Å². The molecule has 0 spiro atoms. The summed E-state index contributed by atoms with van der Waals surface area (Å²) in [6.07, 6.45) is 1.89. The van der Waals surface area contributed by atoms with Crippen molar-refractivity contribution in [2.24, 2.45) is 0 Å². The highest BCUT2D eigenvalue weighted by molar-refractivity contribution is 8.00. The summed E-state index contributed by atoms with van der Waals surface area (Å²) < 4.78 is 0. The van der Waals surface area contributed by atoms with Gasteiger partial charge in [0.2, 0.25) is 0 Å². The van der Waals surface area contributed by atoms with Gasteiger partial charge in [-0.05, 0) is 77.9 Å². The van der Waals surface area contributed by atoms with E-state index in [1.54, 1.807) is 23.5 Å². The molecule has 8 rings (SSSR count). The lowest BCUT2D eigenvalue weighted by Crippen LogP contribution is -2.15. The van der Waals surface area contributed by atoms with Crippen molar-refractivity contribution in [1.82, 2.24) is 4.98 Å². The van der Waals surface area contributed by atoms with Crippen molar-refractivity contribution >= 4 is 63.5 Å². The maximum atomic E-state index is 7.93. The summed E-state index contributed by atoms with van der Waals surface area (Å²) in [5.41, 5.74) is 7.89. The first-order chi connectivity index (χ1) is 20.8. The molecule has 0 saturated carbocycles. The first-order valence-electron chi connectivity index (χ1n) is 13.6. The molecule has 198 valence electrons. The van der Waals surface area contributed by atoms with Crippen molar-refractivity contribution < 1.29 is 0 Å². The molecule has 0 bridgehead atoms. The van der Waals surface area contributed by atoms with Crippen LogP contribution in [0.15, 0.2) is 153 Å². The molecule has 3 heterocycles. The molecule has 5 aromatic carbocycles. The van der Waals surface area contributed by atoms with Gasteiger partial charge in [-0.2, -0.15) is 0 Å². The highest BCUT2D eigenvalue weighted by Gasteiger charge is 2.27. The van der Waals surface area contributed by atoms with Crippen molar-refractivity contribution in [2.75, 3.05) is 9.80 Å². The van der Waals surface area contributed by atoms with Gasteiger partial charge in [0.1, 0.15) is 5.82 Å². The molecule has 1 aromatic heterocycles. The van der Waals surface area contributed by atoms with Gasteiger partial charge in [-0.15, -0.1) is 0 Å². The number of benzene rings is 5. The van der Waals surface area contributed by atoms with Gasteiger partial charge in [-0.25, -0.2) is 9.83 Å². The summed E-state index contributed by atoms with van der Waals surface area (Å²) in [5, 5.41) is 0. The van der Waals surface area contributed by atoms with Crippen LogP contribution in [0.5, 0.6) is 0 Å². The van der Waals surface area contributed by atoms with Gasteiger partial charge in [-0.1, -0.05) is 84.2 Å². The minimum absolute atomic E-state index is 0.603. The van der Waals surface area contributed by atoms with E-state index >= 15 is 0 Å². The van der Waals surface area contributed by atoms with E-state index in [1.807, 2.05) is 18.3 Å². The predicted octanol–water partition coefficient (Wildman–Crippen LogP) is 11.2. The van der Waals surface area contributed by atoms with Crippen LogP contribution in [0.25, 0.3) is 16.0 Å². The fourth-order valence-corrected chi connectivity index (χ4v) is 7.72. The smallest absolute Gasteiger partial charge is 0.195 e. The molecule has 2 aliphatic heterocycles. The summed E-state index contributed by atoms with van der Waals surface area (Å²) >= 11 is 3.57. The maximum absolute atomic E-state index is 7.93. The zero-order valence-electron chi connectivity index (χ0n) is 22.3. The number of pyridine rings is 1. The highest BCUT2D eigenvalue weighted by Crippen LogP contribution is 2.53. The van der Waals surface area contributed by atoms with E-state index in [4.69, 9.17) is 11.6 Å². The van der Waals surface area contributed by atoms with Crippen LogP contribution in [0.2, 0.25) is 0 Å². The molecule has 2 aliphatic rings. The molecule has 0 atom stereocenters. The van der Waals surface area contributed by atoms with Gasteiger partial charge in [0, 0.05) is 31.5 Å². The zero-order chi connectivity index (χ0) is 28.0. The van der Waals surface area contributed by atoms with Gasteiger partial charge in [0.05, 0.1) is 29.3 Å². The summed E-state index contributed by atoms with van der Waals surface area (Å²) in [4.78, 5) is 18.2. The molecule has 0 saturated heterocycles. The van der Waals surface area contributed by atoms with Crippen LogP contribution in [0.4, 0.5) is 39.9 Å². The lowest BCUT2D eigenvalue weighted by atomic mass is 10.0. The minimum atomic E-state index is 0.603. The SMILES string of the molecule is [C-]#[N+]c1ccc(N2c3ccccc3Sc3ccccc32)cc1-c1ccc(N2c3ccccc3Sc3ccccc32)nc1. The van der Waals surface area contributed by atoms with Gasteiger partial charge in [-0.3, -0.25) is 4.90 Å². The van der Waals surface area contributed by atoms with Crippen molar-refractivity contribution in [3.8, 4) is 11.1 Å². The van der Waals surface area contributed by atoms with Crippen LogP contribution in [0.1, 0.15) is 0 Å². The summed E-state index contributed by atoms with van der Waals surface area (Å²) in [5.74, 6) is 0.843. The third-order valence-electron chi connectivity index (χ3n) is 7.51. The molecule has 0 unspecified atom stereocenters. The molecular formula is C36H22N4S2. The van der Waals surface area contributed by atoms with Crippen molar-refractivity contribution in [3.63, 3.8) is 0 Å². The first-order valence-corrected chi connectivity index (χ1v) is 15.2. The van der Waals surface area contributed by atoms with Crippen LogP contribution < -0.4 is 9.80 Å². The number of hydrogen-bond donors (Lipinski definition) is 0. The molecule has 0 amide bonds. The highest BCUT2D eigenvalue weighted by atomic mass is 32.2. The monoisotopic (exact) mass is 574 g/mol. The second-order valence-corrected chi connectivity index (χ2v) is 12.1. The number of anilines is 6. The maximum Gasteiger partial charge on any atom is 0.195 e. The normalized spacial score (nSPS) is 12.9. The fraction of sp³-hybridized carbons (Fsp3) is 0. The molecule has 0 N–H and O–H groups in total. The second kappa shape index (κ2) is 10.1. The Bertz CT molecular complexity index is 1940. The van der Waals surface area contributed by atoms with E-state index in [1.165, 1.54) is 19.6 Å². The Balaban J connectivity index is 1.22. The fourth-order valence-electron chi connectivity index (χ4n) is 5.60. The molecule has 4 nitrogen and oxygen atoms in total. The lowest BCUT2D eigenvalue weighted by molar-refractivity contribution is 1.11. The molecule has 6 heteroatoms. The first kappa shape index (κ1) is 24.8. The third-order valence-corrected chi connectivity index (χ3v) is 9.77. The van der Waals surface area contributed by atoms with Crippen LogP contribution in [-0.4, -0.2) is 4.98 Å². The largest absolute Gasteiger partial charge is 0.308 e. The molecule has 0 aliphatic carbocycles. The number of nitrogens with zero attached hydrogens (tertiary/aromatic N) is 4. The second-order valence-electron chi connectivity index (χ2n) is 9.96. The quantitative estimate of drug-likeness (QED) is 0.195. The molecular weight excluding hydrogens is 553 g/mol. The molecule has 0 radical (unpaired) electrons. The average molecular weight is 575 g/mol. The van der Waals surface area contributed by atoms with E-state index in [2.05, 4.69) is 130 Å². The summed E-state index contributed by atoms with van der Waals surface area (Å²) in [7, 11) is 0. The number of hydrogen-bond acceptors (Lipinski definition) is 5. The van der Waals surface area contributed by atoms with Gasteiger partial charge >= 0.3 is 0 Å². The number of rotatable bonds is 3. The van der Waals surface area contributed by atoms with Crippen LogP contribution in [-0.2, 0) is 0 Å². The molecule has 0 fully saturated rings. The van der Waals surface area contributed by atoms with Crippen LogP contribution in [0.3, 0.4) is 0 Å². The number of aromatic nitrogens is 1. The Morgan fingerprint density at radius 1 is 0.548 bits per heavy atom. The topological polar surface area (TPSA) is 23.7 Å². The van der Waals surface area contributed by atoms with Gasteiger partial charge < -0.3 is 4.90 Å². The van der Waals surface area contributed by atoms with Crippen molar-refractivity contribution in [3.05, 3.63) is 145 Å². The number of fused-ring (bicyclic) bond motifs is 4. The minimum Gasteiger partial charge on any atom is -0.308 e. The third kappa shape index (κ3) is 4.06.